The van der Waals surface area contributed by atoms with Gasteiger partial charge in [0.2, 0.25) is 5.91 Å². The number of benzene rings is 1. The first-order valence-corrected chi connectivity index (χ1v) is 10.6. The molecule has 1 amide bonds. The monoisotopic (exact) mass is 406 g/mol. The lowest BCUT2D eigenvalue weighted by Gasteiger charge is -2.49. The first kappa shape index (κ1) is 19.9. The van der Waals surface area contributed by atoms with Crippen molar-refractivity contribution in [3.8, 4) is 0 Å². The number of β-amino-alcohol motifs (C(OH)–C–C–N with tert-alkyl or cyclic N) is 1. The van der Waals surface area contributed by atoms with E-state index in [9.17, 15) is 14.3 Å². The van der Waals surface area contributed by atoms with Crippen LogP contribution in [0.1, 0.15) is 37.7 Å². The number of likely N-dealkylation sites (tertiary alicyclic amines) is 2. The average Bonchev–Trinajstić information content (AvgIpc) is 3.19. The summed E-state index contributed by atoms with van der Waals surface area (Å²) in [7, 11) is 0. The second-order valence-corrected chi connectivity index (χ2v) is 9.15. The number of rotatable bonds is 3. The standard InChI is InChI=1S/C22H28ClFN2O2/c23-19-11-16(5-6-20(19)24)13-25-14-18(27)12-22(15-25)7-9-26(10-8-22)21(28)17-3-1-2-4-17/h1-2,5-6,11,17-18,27H,3-4,7-10,12-15H2. The Morgan fingerprint density at radius 3 is 2.64 bits per heavy atom. The Morgan fingerprint density at radius 2 is 1.96 bits per heavy atom. The maximum atomic E-state index is 13.4. The lowest BCUT2D eigenvalue weighted by molar-refractivity contribution is -0.139. The number of nitrogens with zero attached hydrogens (tertiary/aromatic N) is 2. The van der Waals surface area contributed by atoms with E-state index in [2.05, 4.69) is 17.1 Å². The summed E-state index contributed by atoms with van der Waals surface area (Å²) in [6.45, 7) is 3.71. The summed E-state index contributed by atoms with van der Waals surface area (Å²) in [4.78, 5) is 17.0. The molecule has 0 radical (unpaired) electrons. The Bertz CT molecular complexity index is 753. The third-order valence-electron chi connectivity index (χ3n) is 6.58. The Balaban J connectivity index is 1.38. The van der Waals surface area contributed by atoms with Crippen LogP contribution in [-0.4, -0.2) is 53.1 Å². The van der Waals surface area contributed by atoms with E-state index in [-0.39, 0.29) is 28.4 Å². The Morgan fingerprint density at radius 1 is 1.25 bits per heavy atom. The number of halogens is 2. The molecule has 0 aromatic heterocycles. The van der Waals surface area contributed by atoms with E-state index in [1.54, 1.807) is 12.1 Å². The van der Waals surface area contributed by atoms with Gasteiger partial charge in [0.1, 0.15) is 5.82 Å². The lowest BCUT2D eigenvalue weighted by Crippen LogP contribution is -2.54. The molecule has 2 heterocycles. The van der Waals surface area contributed by atoms with Gasteiger partial charge >= 0.3 is 0 Å². The molecule has 1 aliphatic carbocycles. The fourth-order valence-corrected chi connectivity index (χ4v) is 5.33. The van der Waals surface area contributed by atoms with Crippen LogP contribution in [0.5, 0.6) is 0 Å². The molecule has 152 valence electrons. The van der Waals surface area contributed by atoms with Crippen molar-refractivity contribution < 1.29 is 14.3 Å². The van der Waals surface area contributed by atoms with Gasteiger partial charge in [-0.15, -0.1) is 0 Å². The third kappa shape index (κ3) is 4.27. The molecule has 1 unspecified atom stereocenters. The highest BCUT2D eigenvalue weighted by molar-refractivity contribution is 6.30. The van der Waals surface area contributed by atoms with Gasteiger partial charge in [0, 0.05) is 38.6 Å². The van der Waals surface area contributed by atoms with E-state index >= 15 is 0 Å². The topological polar surface area (TPSA) is 43.8 Å². The number of allylic oxidation sites excluding steroid dienone is 2. The van der Waals surface area contributed by atoms with Crippen LogP contribution in [0.25, 0.3) is 0 Å². The van der Waals surface area contributed by atoms with Gasteiger partial charge in [-0.3, -0.25) is 9.69 Å². The van der Waals surface area contributed by atoms with Gasteiger partial charge in [0.05, 0.1) is 11.1 Å². The number of aliphatic hydroxyl groups excluding tert-OH is 1. The van der Waals surface area contributed by atoms with Crippen LogP contribution in [0, 0.1) is 17.2 Å². The number of aliphatic hydroxyl groups is 1. The molecule has 1 spiro atoms. The molecule has 1 aromatic rings. The second kappa shape index (κ2) is 8.13. The van der Waals surface area contributed by atoms with Crippen LogP contribution in [0.2, 0.25) is 5.02 Å². The van der Waals surface area contributed by atoms with Crippen molar-refractivity contribution in [2.75, 3.05) is 26.2 Å². The molecular formula is C22H28ClFN2O2. The maximum Gasteiger partial charge on any atom is 0.226 e. The van der Waals surface area contributed by atoms with E-state index < -0.39 is 5.82 Å². The minimum atomic E-state index is -0.407. The molecule has 6 heteroatoms. The number of carbonyl (C=O) groups excluding carboxylic acids is 1. The molecule has 28 heavy (non-hydrogen) atoms. The summed E-state index contributed by atoms with van der Waals surface area (Å²) in [5.41, 5.74) is 1.00. The molecule has 0 bridgehead atoms. The SMILES string of the molecule is O=C(C1CC=CC1)N1CCC2(CC1)CC(O)CN(Cc1ccc(F)c(Cl)c1)C2. The van der Waals surface area contributed by atoms with Gasteiger partial charge in [-0.1, -0.05) is 29.8 Å². The predicted octanol–water partition coefficient (Wildman–Crippen LogP) is 3.62. The van der Waals surface area contributed by atoms with E-state index in [4.69, 9.17) is 11.6 Å². The molecule has 1 atom stereocenters. The van der Waals surface area contributed by atoms with Crippen molar-refractivity contribution in [2.45, 2.75) is 44.8 Å². The van der Waals surface area contributed by atoms with E-state index in [1.807, 2.05) is 4.90 Å². The summed E-state index contributed by atoms with van der Waals surface area (Å²) in [5.74, 6) is 0.00908. The molecule has 2 saturated heterocycles. The zero-order valence-electron chi connectivity index (χ0n) is 16.1. The summed E-state index contributed by atoms with van der Waals surface area (Å²) in [6.07, 6.45) is 8.22. The van der Waals surface area contributed by atoms with Gasteiger partial charge in [-0.05, 0) is 55.2 Å². The van der Waals surface area contributed by atoms with Gasteiger partial charge in [0.15, 0.2) is 0 Å². The quantitative estimate of drug-likeness (QED) is 0.780. The number of piperidine rings is 2. The summed E-state index contributed by atoms with van der Waals surface area (Å²) in [6, 6.07) is 4.82. The Kier molecular flexibility index (Phi) is 5.77. The van der Waals surface area contributed by atoms with Crippen molar-refractivity contribution in [3.05, 3.63) is 46.8 Å². The van der Waals surface area contributed by atoms with Crippen molar-refractivity contribution in [3.63, 3.8) is 0 Å². The molecule has 0 saturated carbocycles. The zero-order valence-corrected chi connectivity index (χ0v) is 16.9. The Labute approximate surface area is 171 Å². The van der Waals surface area contributed by atoms with E-state index in [0.29, 0.717) is 13.1 Å². The van der Waals surface area contributed by atoms with Gasteiger partial charge < -0.3 is 10.0 Å². The number of carbonyl (C=O) groups is 1. The summed E-state index contributed by atoms with van der Waals surface area (Å²) < 4.78 is 13.4. The predicted molar refractivity (Wildman–Crippen MR) is 107 cm³/mol. The minimum Gasteiger partial charge on any atom is -0.392 e. The molecule has 1 N–H and O–H groups in total. The molecule has 3 aliphatic rings. The van der Waals surface area contributed by atoms with E-state index in [0.717, 1.165) is 57.3 Å². The normalized spacial score (nSPS) is 25.5. The minimum absolute atomic E-state index is 0.0478. The van der Waals surface area contributed by atoms with Crippen LogP contribution in [0.3, 0.4) is 0 Å². The largest absolute Gasteiger partial charge is 0.392 e. The van der Waals surface area contributed by atoms with Crippen molar-refractivity contribution >= 4 is 17.5 Å². The van der Waals surface area contributed by atoms with Crippen molar-refractivity contribution in [1.82, 2.24) is 9.80 Å². The molecule has 2 aliphatic heterocycles. The second-order valence-electron chi connectivity index (χ2n) is 8.74. The zero-order chi connectivity index (χ0) is 19.7. The average molecular weight is 407 g/mol. The smallest absolute Gasteiger partial charge is 0.226 e. The Hall–Kier alpha value is -1.43. The number of hydrogen-bond acceptors (Lipinski definition) is 3. The first-order chi connectivity index (χ1) is 13.4. The highest BCUT2D eigenvalue weighted by atomic mass is 35.5. The molecule has 1 aromatic carbocycles. The van der Waals surface area contributed by atoms with Crippen LogP contribution < -0.4 is 0 Å². The lowest BCUT2D eigenvalue weighted by atomic mass is 9.71. The number of hydrogen-bond donors (Lipinski definition) is 1. The van der Waals surface area contributed by atoms with Gasteiger partial charge in [0.25, 0.3) is 0 Å². The highest BCUT2D eigenvalue weighted by Crippen LogP contribution is 2.41. The fourth-order valence-electron chi connectivity index (χ4n) is 5.12. The van der Waals surface area contributed by atoms with Crippen LogP contribution in [0.4, 0.5) is 4.39 Å². The fraction of sp³-hybridized carbons (Fsp3) is 0.591. The molecule has 4 rings (SSSR count). The summed E-state index contributed by atoms with van der Waals surface area (Å²) >= 11 is 5.92. The van der Waals surface area contributed by atoms with Gasteiger partial charge in [-0.25, -0.2) is 4.39 Å². The van der Waals surface area contributed by atoms with Crippen LogP contribution in [0.15, 0.2) is 30.4 Å². The van der Waals surface area contributed by atoms with Crippen molar-refractivity contribution in [2.24, 2.45) is 11.3 Å². The highest BCUT2D eigenvalue weighted by Gasteiger charge is 2.42. The van der Waals surface area contributed by atoms with Crippen molar-refractivity contribution in [1.29, 1.82) is 0 Å². The first-order valence-electron chi connectivity index (χ1n) is 10.2. The number of amides is 1. The summed E-state index contributed by atoms with van der Waals surface area (Å²) in [5, 5.41) is 10.6. The van der Waals surface area contributed by atoms with Crippen LogP contribution in [-0.2, 0) is 11.3 Å². The molecular weight excluding hydrogens is 379 g/mol. The van der Waals surface area contributed by atoms with Crippen LogP contribution >= 0.6 is 11.6 Å². The third-order valence-corrected chi connectivity index (χ3v) is 6.87. The van der Waals surface area contributed by atoms with E-state index in [1.165, 1.54) is 6.07 Å². The maximum absolute atomic E-state index is 13.4. The molecule has 4 nitrogen and oxygen atoms in total. The molecule has 2 fully saturated rings. The van der Waals surface area contributed by atoms with Gasteiger partial charge in [-0.2, -0.15) is 0 Å².